The Balaban J connectivity index is 2.05. The van der Waals surface area contributed by atoms with Crippen molar-refractivity contribution >= 4 is 22.6 Å². The molecule has 0 heterocycles. The van der Waals surface area contributed by atoms with Crippen LogP contribution in [-0.2, 0) is 6.42 Å². The van der Waals surface area contributed by atoms with E-state index in [4.69, 9.17) is 0 Å². The quantitative estimate of drug-likeness (QED) is 0.585. The molecule has 0 unspecified atom stereocenters. The lowest BCUT2D eigenvalue weighted by atomic mass is 9.67. The van der Waals surface area contributed by atoms with E-state index in [1.165, 1.54) is 35.7 Å². The molecule has 0 aromatic heterocycles. The van der Waals surface area contributed by atoms with Gasteiger partial charge in [-0.1, -0.05) is 59.3 Å². The predicted molar refractivity (Wildman–Crippen MR) is 65.3 cm³/mol. The number of halogens is 1. The van der Waals surface area contributed by atoms with Crippen molar-refractivity contribution in [2.24, 2.45) is 5.41 Å². The van der Waals surface area contributed by atoms with Crippen LogP contribution in [0.2, 0.25) is 0 Å². The summed E-state index contributed by atoms with van der Waals surface area (Å²) in [7, 11) is 0. The maximum absolute atomic E-state index is 2.54. The van der Waals surface area contributed by atoms with E-state index >= 15 is 0 Å². The third kappa shape index (κ3) is 2.06. The van der Waals surface area contributed by atoms with Crippen molar-refractivity contribution in [3.63, 3.8) is 0 Å². The van der Waals surface area contributed by atoms with Gasteiger partial charge in [-0.2, -0.15) is 0 Å². The van der Waals surface area contributed by atoms with Crippen molar-refractivity contribution in [2.45, 2.75) is 25.7 Å². The number of hydrogen-bond acceptors (Lipinski definition) is 0. The van der Waals surface area contributed by atoms with Crippen LogP contribution < -0.4 is 0 Å². The second kappa shape index (κ2) is 3.99. The first-order valence-corrected chi connectivity index (χ1v) is 6.47. The van der Waals surface area contributed by atoms with Gasteiger partial charge in [0.25, 0.3) is 0 Å². The topological polar surface area (TPSA) is 0 Å². The van der Waals surface area contributed by atoms with Crippen LogP contribution in [0.15, 0.2) is 30.3 Å². The Morgan fingerprint density at radius 2 is 1.85 bits per heavy atom. The van der Waals surface area contributed by atoms with Crippen molar-refractivity contribution in [1.29, 1.82) is 0 Å². The minimum Gasteiger partial charge on any atom is -0.0858 e. The lowest BCUT2D eigenvalue weighted by Gasteiger charge is -2.40. The van der Waals surface area contributed by atoms with Crippen molar-refractivity contribution in [3.8, 4) is 0 Å². The molecule has 0 radical (unpaired) electrons. The summed E-state index contributed by atoms with van der Waals surface area (Å²) < 4.78 is 1.32. The molecule has 1 aliphatic rings. The maximum Gasteiger partial charge on any atom is 0.00551 e. The first-order chi connectivity index (χ1) is 6.35. The highest BCUT2D eigenvalue weighted by molar-refractivity contribution is 14.1. The predicted octanol–water partition coefficient (Wildman–Crippen LogP) is 3.83. The zero-order valence-electron chi connectivity index (χ0n) is 7.80. The third-order valence-corrected chi connectivity index (χ3v) is 4.74. The van der Waals surface area contributed by atoms with E-state index in [-0.39, 0.29) is 0 Å². The monoisotopic (exact) mass is 286 g/mol. The van der Waals surface area contributed by atoms with Crippen molar-refractivity contribution in [3.05, 3.63) is 35.9 Å². The molecule has 0 spiro atoms. The molecule has 0 saturated heterocycles. The molecule has 0 nitrogen and oxygen atoms in total. The maximum atomic E-state index is 2.54. The first kappa shape index (κ1) is 9.50. The van der Waals surface area contributed by atoms with Crippen molar-refractivity contribution < 1.29 is 0 Å². The fourth-order valence-electron chi connectivity index (χ4n) is 2.06. The van der Waals surface area contributed by atoms with E-state index in [0.29, 0.717) is 5.41 Å². The van der Waals surface area contributed by atoms with Crippen LogP contribution in [0.1, 0.15) is 24.8 Å². The summed E-state index contributed by atoms with van der Waals surface area (Å²) >= 11 is 2.54. The minimum absolute atomic E-state index is 0.655. The summed E-state index contributed by atoms with van der Waals surface area (Å²) in [5.74, 6) is 0. The number of hydrogen-bond donors (Lipinski definition) is 0. The fourth-order valence-corrected chi connectivity index (χ4v) is 3.10. The van der Waals surface area contributed by atoms with E-state index in [0.717, 1.165) is 0 Å². The molecular weight excluding hydrogens is 271 g/mol. The highest BCUT2D eigenvalue weighted by Gasteiger charge is 2.35. The van der Waals surface area contributed by atoms with Gasteiger partial charge < -0.3 is 0 Å². The molecule has 0 atom stereocenters. The lowest BCUT2D eigenvalue weighted by molar-refractivity contribution is 0.172. The van der Waals surface area contributed by atoms with Gasteiger partial charge in [0.05, 0.1) is 0 Å². The Hall–Kier alpha value is -0.0500. The standard InChI is InChI=1S/C12H15I/c13-10-12(7-4-8-12)9-11-5-2-1-3-6-11/h1-3,5-6H,4,7-10H2. The molecule has 0 bridgehead atoms. The molecular formula is C12H15I. The van der Waals surface area contributed by atoms with Crippen LogP contribution in [0, 0.1) is 5.41 Å². The second-order valence-corrected chi connectivity index (χ2v) is 4.91. The Labute approximate surface area is 93.9 Å². The summed E-state index contributed by atoms with van der Waals surface area (Å²) in [6.07, 6.45) is 5.60. The van der Waals surface area contributed by atoms with Crippen LogP contribution in [0.5, 0.6) is 0 Å². The van der Waals surface area contributed by atoms with E-state index in [2.05, 4.69) is 52.9 Å². The molecule has 1 aliphatic carbocycles. The molecule has 2 rings (SSSR count). The zero-order valence-corrected chi connectivity index (χ0v) is 9.96. The molecule has 70 valence electrons. The van der Waals surface area contributed by atoms with Crippen LogP contribution in [0.25, 0.3) is 0 Å². The van der Waals surface area contributed by atoms with E-state index in [9.17, 15) is 0 Å². The molecule has 0 amide bonds. The molecule has 13 heavy (non-hydrogen) atoms. The van der Waals surface area contributed by atoms with Gasteiger partial charge in [-0.25, -0.2) is 0 Å². The van der Waals surface area contributed by atoms with Crippen LogP contribution in [0.3, 0.4) is 0 Å². The molecule has 1 aromatic carbocycles. The molecule has 1 fully saturated rings. The normalized spacial score (nSPS) is 19.5. The zero-order chi connectivity index (χ0) is 9.15. The summed E-state index contributed by atoms with van der Waals surface area (Å²) in [5, 5.41) is 0. The SMILES string of the molecule is ICC1(Cc2ccccc2)CCC1. The second-order valence-electron chi connectivity index (χ2n) is 4.15. The van der Waals surface area contributed by atoms with Gasteiger partial charge in [-0.15, -0.1) is 0 Å². The van der Waals surface area contributed by atoms with Gasteiger partial charge in [0, 0.05) is 4.43 Å². The smallest absolute Gasteiger partial charge is 0.00551 e. The third-order valence-electron chi connectivity index (χ3n) is 3.12. The van der Waals surface area contributed by atoms with Crippen molar-refractivity contribution in [2.75, 3.05) is 4.43 Å². The highest BCUT2D eigenvalue weighted by Crippen LogP contribution is 2.45. The summed E-state index contributed by atoms with van der Waals surface area (Å²) in [6, 6.07) is 10.9. The van der Waals surface area contributed by atoms with Crippen LogP contribution >= 0.6 is 22.6 Å². The summed E-state index contributed by atoms with van der Waals surface area (Å²) in [5.41, 5.74) is 2.17. The summed E-state index contributed by atoms with van der Waals surface area (Å²) in [4.78, 5) is 0. The number of benzene rings is 1. The Kier molecular flexibility index (Phi) is 2.92. The van der Waals surface area contributed by atoms with E-state index in [1.807, 2.05) is 0 Å². The van der Waals surface area contributed by atoms with E-state index in [1.54, 1.807) is 0 Å². The molecule has 1 aromatic rings. The lowest BCUT2D eigenvalue weighted by Crippen LogP contribution is -2.33. The van der Waals surface area contributed by atoms with Gasteiger partial charge in [-0.3, -0.25) is 0 Å². The van der Waals surface area contributed by atoms with Crippen molar-refractivity contribution in [1.82, 2.24) is 0 Å². The van der Waals surface area contributed by atoms with E-state index < -0.39 is 0 Å². The Morgan fingerprint density at radius 3 is 2.31 bits per heavy atom. The molecule has 1 saturated carbocycles. The number of alkyl halides is 1. The summed E-state index contributed by atoms with van der Waals surface area (Å²) in [6.45, 7) is 0. The van der Waals surface area contributed by atoms with Gasteiger partial charge in [0.2, 0.25) is 0 Å². The van der Waals surface area contributed by atoms with Gasteiger partial charge in [-0.05, 0) is 30.2 Å². The molecule has 0 aliphatic heterocycles. The van der Waals surface area contributed by atoms with Gasteiger partial charge >= 0.3 is 0 Å². The minimum atomic E-state index is 0.655. The molecule has 1 heteroatoms. The van der Waals surface area contributed by atoms with Gasteiger partial charge in [0.15, 0.2) is 0 Å². The largest absolute Gasteiger partial charge is 0.0858 e. The van der Waals surface area contributed by atoms with Gasteiger partial charge in [0.1, 0.15) is 0 Å². The molecule has 0 N–H and O–H groups in total. The van der Waals surface area contributed by atoms with Crippen LogP contribution in [0.4, 0.5) is 0 Å². The highest BCUT2D eigenvalue weighted by atomic mass is 127. The average Bonchev–Trinajstić information content (AvgIpc) is 2.13. The first-order valence-electron chi connectivity index (χ1n) is 4.95. The van der Waals surface area contributed by atoms with Crippen LogP contribution in [-0.4, -0.2) is 4.43 Å². The Bertz CT molecular complexity index is 256. The fraction of sp³-hybridized carbons (Fsp3) is 0.500. The Morgan fingerprint density at radius 1 is 1.15 bits per heavy atom. The average molecular weight is 286 g/mol. The number of rotatable bonds is 3.